The number of anilines is 1. The van der Waals surface area contributed by atoms with Crippen molar-refractivity contribution in [2.45, 2.75) is 119 Å². The van der Waals surface area contributed by atoms with Crippen molar-refractivity contribution in [3.8, 4) is 5.88 Å². The molecule has 4 rings (SSSR count). The molecule has 10 nitrogen and oxygen atoms in total. The standard InChI is InChI=1S/C36H55N5O5Si2/c1-23-26(28(34(5,6)7)45-47(11)12)25(33(2,3)4)20-36(23,46-48(13)14)41-22-37-27-29(41)38-31(40-32(42)44-35(8,9)10)39-30(27)43-21-24-18-16-15-17-19-24/h15-19,22,25-26,28H,1,20-21H2,2-14H3,(H,38,39,40,42)/t25-,26-,28?,36-/m0/s1. The molecule has 1 fully saturated rings. The highest BCUT2D eigenvalue weighted by Gasteiger charge is 2.58. The zero-order valence-electron chi connectivity index (χ0n) is 31.1. The van der Waals surface area contributed by atoms with Gasteiger partial charge < -0.3 is 18.3 Å². The smallest absolute Gasteiger partial charge is 0.414 e. The van der Waals surface area contributed by atoms with Crippen LogP contribution in [0.1, 0.15) is 74.3 Å². The molecule has 0 bridgehead atoms. The lowest BCUT2D eigenvalue weighted by molar-refractivity contribution is 0.00573. The molecule has 262 valence electrons. The number of benzene rings is 1. The number of carbonyl (C=O) groups excluding carboxylic acids is 1. The minimum Gasteiger partial charge on any atom is -0.471 e. The molecule has 1 aromatic carbocycles. The molecule has 2 aromatic heterocycles. The van der Waals surface area contributed by atoms with Gasteiger partial charge in [0.2, 0.25) is 29.9 Å². The molecule has 2 radical (unpaired) electrons. The summed E-state index contributed by atoms with van der Waals surface area (Å²) < 4.78 is 27.8. The number of carbonyl (C=O) groups is 1. The van der Waals surface area contributed by atoms with E-state index in [0.717, 1.165) is 11.1 Å². The summed E-state index contributed by atoms with van der Waals surface area (Å²) in [6.45, 7) is 32.7. The SMILES string of the molecule is C=C1[C@H](C(O[Si](C)C)C(C)(C)C)[C@@H](C(C)(C)C)C[C@@]1(O[Si](C)C)n1cnc2c(OCc3ccccc3)nc(NC(=O)OC(C)(C)C)nc21. The lowest BCUT2D eigenvalue weighted by Crippen LogP contribution is -2.45. The number of hydrogen-bond donors (Lipinski definition) is 1. The number of nitrogens with one attached hydrogen (secondary N) is 1. The second-order valence-electron chi connectivity index (χ2n) is 16.4. The Morgan fingerprint density at radius 1 is 1.02 bits per heavy atom. The third-order valence-corrected chi connectivity index (χ3v) is 9.92. The predicted octanol–water partition coefficient (Wildman–Crippen LogP) is 8.59. The Hall–Kier alpha value is -3.07. The fourth-order valence-electron chi connectivity index (χ4n) is 6.50. The van der Waals surface area contributed by atoms with Gasteiger partial charge in [-0.2, -0.15) is 9.97 Å². The molecule has 1 N–H and O–H groups in total. The van der Waals surface area contributed by atoms with E-state index in [-0.39, 0.29) is 47.2 Å². The first-order chi connectivity index (χ1) is 22.1. The van der Waals surface area contributed by atoms with E-state index in [1.165, 1.54) is 0 Å². The number of rotatable bonds is 10. The molecule has 0 spiro atoms. The number of amides is 1. The highest BCUT2D eigenvalue weighted by atomic mass is 28.3. The van der Waals surface area contributed by atoms with E-state index in [1.807, 2.05) is 34.9 Å². The molecule has 1 unspecified atom stereocenters. The summed E-state index contributed by atoms with van der Waals surface area (Å²) in [6, 6.07) is 9.83. The van der Waals surface area contributed by atoms with Gasteiger partial charge in [-0.3, -0.25) is 9.88 Å². The van der Waals surface area contributed by atoms with E-state index in [2.05, 4.69) is 78.0 Å². The molecular formula is C36H55N5O5Si2. The summed E-state index contributed by atoms with van der Waals surface area (Å²) in [4.78, 5) is 27.2. The fraction of sp³-hybridized carbons (Fsp3) is 0.611. The zero-order valence-corrected chi connectivity index (χ0v) is 33.1. The van der Waals surface area contributed by atoms with Crippen LogP contribution in [0.4, 0.5) is 10.7 Å². The van der Waals surface area contributed by atoms with Crippen molar-refractivity contribution in [2.75, 3.05) is 5.32 Å². The monoisotopic (exact) mass is 693 g/mol. The molecule has 0 saturated heterocycles. The lowest BCUT2D eigenvalue weighted by atomic mass is 9.68. The van der Waals surface area contributed by atoms with Crippen LogP contribution >= 0.6 is 0 Å². The van der Waals surface area contributed by atoms with Crippen LogP contribution in [0.15, 0.2) is 48.8 Å². The Morgan fingerprint density at radius 2 is 1.67 bits per heavy atom. The second-order valence-corrected chi connectivity index (χ2v) is 20.4. The van der Waals surface area contributed by atoms with Crippen molar-refractivity contribution in [3.63, 3.8) is 0 Å². The van der Waals surface area contributed by atoms with E-state index in [0.29, 0.717) is 17.6 Å². The minimum absolute atomic E-state index is 0.00121. The third kappa shape index (κ3) is 8.56. The van der Waals surface area contributed by atoms with Gasteiger partial charge >= 0.3 is 6.09 Å². The summed E-state index contributed by atoms with van der Waals surface area (Å²) in [6.07, 6.45) is 1.67. The van der Waals surface area contributed by atoms with E-state index in [4.69, 9.17) is 34.9 Å². The maximum absolute atomic E-state index is 12.9. The summed E-state index contributed by atoms with van der Waals surface area (Å²) in [5.74, 6) is 0.459. The molecule has 12 heteroatoms. The average Bonchev–Trinajstić information content (AvgIpc) is 3.48. The largest absolute Gasteiger partial charge is 0.471 e. The van der Waals surface area contributed by atoms with Crippen LogP contribution in [0, 0.1) is 22.7 Å². The number of hydrogen-bond acceptors (Lipinski definition) is 8. The first-order valence-corrected chi connectivity index (χ1v) is 21.5. The summed E-state index contributed by atoms with van der Waals surface area (Å²) in [7, 11) is -2.33. The topological polar surface area (TPSA) is 110 Å². The van der Waals surface area contributed by atoms with Crippen molar-refractivity contribution in [2.24, 2.45) is 22.7 Å². The van der Waals surface area contributed by atoms with Gasteiger partial charge in [0, 0.05) is 12.3 Å². The van der Waals surface area contributed by atoms with Gasteiger partial charge in [-0.1, -0.05) is 78.5 Å². The van der Waals surface area contributed by atoms with Crippen molar-refractivity contribution in [1.82, 2.24) is 19.5 Å². The van der Waals surface area contributed by atoms with Crippen LogP contribution in [0.5, 0.6) is 5.88 Å². The van der Waals surface area contributed by atoms with Gasteiger partial charge in [0.25, 0.3) is 0 Å². The van der Waals surface area contributed by atoms with Gasteiger partial charge in [-0.25, -0.2) is 9.78 Å². The number of fused-ring (bicyclic) bond motifs is 1. The summed E-state index contributed by atoms with van der Waals surface area (Å²) >= 11 is 0. The lowest BCUT2D eigenvalue weighted by Gasteiger charge is -2.43. The van der Waals surface area contributed by atoms with Crippen molar-refractivity contribution in [1.29, 1.82) is 0 Å². The fourth-order valence-corrected chi connectivity index (χ4v) is 8.50. The van der Waals surface area contributed by atoms with Crippen LogP contribution < -0.4 is 10.1 Å². The molecule has 3 aromatic rings. The van der Waals surface area contributed by atoms with Crippen molar-refractivity contribution >= 4 is 41.3 Å². The minimum atomic E-state index is -1.29. The van der Waals surface area contributed by atoms with E-state index in [9.17, 15) is 4.79 Å². The number of nitrogens with zero attached hydrogens (tertiary/aromatic N) is 4. The zero-order chi connectivity index (χ0) is 35.8. The normalized spacial score (nSPS) is 21.3. The molecular weight excluding hydrogens is 639 g/mol. The molecule has 1 aliphatic carbocycles. The first-order valence-electron chi connectivity index (χ1n) is 16.7. The summed E-state index contributed by atoms with van der Waals surface area (Å²) in [5.41, 5.74) is 0.939. The van der Waals surface area contributed by atoms with E-state index >= 15 is 0 Å². The number of aromatic nitrogens is 4. The first kappa shape index (κ1) is 37.7. The van der Waals surface area contributed by atoms with Crippen LogP contribution in [0.3, 0.4) is 0 Å². The number of ether oxygens (including phenoxy) is 2. The maximum atomic E-state index is 12.9. The Bertz CT molecular complexity index is 1590. The van der Waals surface area contributed by atoms with Crippen LogP contribution in [0.25, 0.3) is 11.2 Å². The highest BCUT2D eigenvalue weighted by Crippen LogP contribution is 2.58. The third-order valence-electron chi connectivity index (χ3n) is 8.45. The molecule has 48 heavy (non-hydrogen) atoms. The predicted molar refractivity (Wildman–Crippen MR) is 194 cm³/mol. The maximum Gasteiger partial charge on any atom is 0.414 e. The van der Waals surface area contributed by atoms with Gasteiger partial charge in [-0.15, -0.1) is 0 Å². The van der Waals surface area contributed by atoms with Crippen molar-refractivity contribution < 1.29 is 23.1 Å². The molecule has 1 saturated carbocycles. The van der Waals surface area contributed by atoms with Crippen LogP contribution in [-0.4, -0.2) is 55.4 Å². The average molecular weight is 694 g/mol. The highest BCUT2D eigenvalue weighted by molar-refractivity contribution is 6.48. The molecule has 1 aliphatic rings. The van der Waals surface area contributed by atoms with E-state index in [1.54, 1.807) is 27.1 Å². The molecule has 2 heterocycles. The van der Waals surface area contributed by atoms with Crippen LogP contribution in [-0.2, 0) is 25.9 Å². The Labute approximate surface area is 290 Å². The quantitative estimate of drug-likeness (QED) is 0.166. The van der Waals surface area contributed by atoms with Crippen LogP contribution in [0.2, 0.25) is 26.2 Å². The van der Waals surface area contributed by atoms with Gasteiger partial charge in [-0.05, 0) is 74.8 Å². The second kappa shape index (κ2) is 14.0. The van der Waals surface area contributed by atoms with E-state index < -0.39 is 35.5 Å². The molecule has 1 amide bonds. The number of imidazole rings is 1. The van der Waals surface area contributed by atoms with Gasteiger partial charge in [0.15, 0.2) is 16.9 Å². The Kier molecular flexibility index (Phi) is 11.0. The van der Waals surface area contributed by atoms with Gasteiger partial charge in [0.05, 0.1) is 12.4 Å². The molecule has 4 atom stereocenters. The van der Waals surface area contributed by atoms with Crippen molar-refractivity contribution in [3.05, 3.63) is 54.4 Å². The summed E-state index contributed by atoms with van der Waals surface area (Å²) in [5, 5.41) is 2.72. The Morgan fingerprint density at radius 3 is 2.21 bits per heavy atom. The Balaban J connectivity index is 1.93. The molecule has 0 aliphatic heterocycles. The van der Waals surface area contributed by atoms with Gasteiger partial charge in [0.1, 0.15) is 12.2 Å².